The lowest BCUT2D eigenvalue weighted by Gasteiger charge is -2.05. The average Bonchev–Trinajstić information content (AvgIpc) is 2.47. The Morgan fingerprint density at radius 1 is 1.53 bits per heavy atom. The molecule has 1 rings (SSSR count). The van der Waals surface area contributed by atoms with Crippen molar-refractivity contribution in [1.29, 1.82) is 5.26 Å². The molecule has 0 spiro atoms. The van der Waals surface area contributed by atoms with E-state index >= 15 is 0 Å². The summed E-state index contributed by atoms with van der Waals surface area (Å²) in [5.41, 5.74) is 2.36. The smallest absolute Gasteiger partial charge is 0.333 e. The summed E-state index contributed by atoms with van der Waals surface area (Å²) >= 11 is 0. The van der Waals surface area contributed by atoms with Gasteiger partial charge in [-0.2, -0.15) is 5.26 Å². The van der Waals surface area contributed by atoms with Gasteiger partial charge in [0.2, 0.25) is 0 Å². The molecule has 0 aliphatic carbocycles. The lowest BCUT2D eigenvalue weighted by Crippen LogP contribution is -2.15. The maximum absolute atomic E-state index is 11.3. The van der Waals surface area contributed by atoms with Crippen LogP contribution in [0.15, 0.2) is 35.9 Å². The summed E-state index contributed by atoms with van der Waals surface area (Å²) in [6, 6.07) is 9.54. The van der Waals surface area contributed by atoms with Gasteiger partial charge in [0.15, 0.2) is 0 Å². The van der Waals surface area contributed by atoms with E-state index in [-0.39, 0.29) is 5.97 Å². The molecule has 0 radical (unpaired) electrons. The summed E-state index contributed by atoms with van der Waals surface area (Å²) in [4.78, 5) is 11.3. The molecule has 1 aromatic carbocycles. The van der Waals surface area contributed by atoms with Crippen molar-refractivity contribution in [3.8, 4) is 6.07 Å². The number of nitriles is 1. The van der Waals surface area contributed by atoms with Crippen molar-refractivity contribution in [1.82, 2.24) is 5.32 Å². The molecule has 4 heteroatoms. The fourth-order valence-electron chi connectivity index (χ4n) is 1.67. The minimum atomic E-state index is -0.282. The Hall–Kier alpha value is -2.12. The Morgan fingerprint density at radius 3 is 2.95 bits per heavy atom. The fourth-order valence-corrected chi connectivity index (χ4v) is 1.67. The molecule has 100 valence electrons. The minimum Gasteiger partial charge on any atom is -0.466 e. The highest BCUT2D eigenvalue weighted by Gasteiger charge is 2.05. The third-order valence-electron chi connectivity index (χ3n) is 2.71. The number of nitrogens with one attached hydrogen (secondary N) is 1. The molecule has 0 fully saturated rings. The SMILES string of the molecule is CC/C(=C/CNCc1cccc(C#N)c1)C(=O)OC. The Kier molecular flexibility index (Phi) is 6.34. The Bertz CT molecular complexity index is 501. The van der Waals surface area contributed by atoms with Gasteiger partial charge in [-0.1, -0.05) is 25.1 Å². The van der Waals surface area contributed by atoms with Crippen LogP contribution in [0.3, 0.4) is 0 Å². The lowest BCUT2D eigenvalue weighted by molar-refractivity contribution is -0.136. The highest BCUT2D eigenvalue weighted by atomic mass is 16.5. The Labute approximate surface area is 113 Å². The molecule has 0 amide bonds. The third kappa shape index (κ3) is 4.94. The zero-order chi connectivity index (χ0) is 14.1. The number of esters is 1. The first kappa shape index (κ1) is 14.9. The van der Waals surface area contributed by atoms with Gasteiger partial charge in [-0.25, -0.2) is 4.79 Å². The average molecular weight is 258 g/mol. The second-order valence-corrected chi connectivity index (χ2v) is 4.02. The van der Waals surface area contributed by atoms with Gasteiger partial charge < -0.3 is 10.1 Å². The van der Waals surface area contributed by atoms with Crippen LogP contribution in [0.5, 0.6) is 0 Å². The van der Waals surface area contributed by atoms with Crippen LogP contribution in [0.2, 0.25) is 0 Å². The van der Waals surface area contributed by atoms with Crippen LogP contribution in [-0.4, -0.2) is 19.6 Å². The van der Waals surface area contributed by atoms with E-state index in [2.05, 4.69) is 16.1 Å². The van der Waals surface area contributed by atoms with E-state index < -0.39 is 0 Å². The normalized spacial score (nSPS) is 10.9. The zero-order valence-corrected chi connectivity index (χ0v) is 11.3. The van der Waals surface area contributed by atoms with Gasteiger partial charge >= 0.3 is 5.97 Å². The zero-order valence-electron chi connectivity index (χ0n) is 11.3. The number of ether oxygens (including phenoxy) is 1. The number of carbonyl (C=O) groups excluding carboxylic acids is 1. The van der Waals surface area contributed by atoms with E-state index in [0.29, 0.717) is 30.6 Å². The summed E-state index contributed by atoms with van der Waals surface area (Å²) in [6.45, 7) is 3.17. The largest absolute Gasteiger partial charge is 0.466 e. The molecule has 0 atom stereocenters. The summed E-state index contributed by atoms with van der Waals surface area (Å²) in [5, 5.41) is 12.0. The monoisotopic (exact) mass is 258 g/mol. The van der Waals surface area contributed by atoms with Gasteiger partial charge in [0.05, 0.1) is 18.7 Å². The number of hydrogen-bond acceptors (Lipinski definition) is 4. The molecule has 0 unspecified atom stereocenters. The fraction of sp³-hybridized carbons (Fsp3) is 0.333. The third-order valence-corrected chi connectivity index (χ3v) is 2.71. The van der Waals surface area contributed by atoms with Crippen molar-refractivity contribution < 1.29 is 9.53 Å². The maximum Gasteiger partial charge on any atom is 0.333 e. The predicted molar refractivity (Wildman–Crippen MR) is 73.3 cm³/mol. The van der Waals surface area contributed by atoms with E-state index in [0.717, 1.165) is 5.56 Å². The lowest BCUT2D eigenvalue weighted by atomic mass is 10.1. The van der Waals surface area contributed by atoms with Crippen LogP contribution in [-0.2, 0) is 16.1 Å². The molecule has 0 aliphatic rings. The van der Waals surface area contributed by atoms with Crippen molar-refractivity contribution in [3.63, 3.8) is 0 Å². The van der Waals surface area contributed by atoms with Crippen LogP contribution in [0.4, 0.5) is 0 Å². The molecule has 19 heavy (non-hydrogen) atoms. The van der Waals surface area contributed by atoms with E-state index in [9.17, 15) is 4.79 Å². The van der Waals surface area contributed by atoms with Gasteiger partial charge in [0.1, 0.15) is 0 Å². The van der Waals surface area contributed by atoms with Crippen molar-refractivity contribution in [2.75, 3.05) is 13.7 Å². The molecule has 0 saturated carbocycles. The Balaban J connectivity index is 2.48. The van der Waals surface area contributed by atoms with Crippen molar-refractivity contribution >= 4 is 5.97 Å². The highest BCUT2D eigenvalue weighted by molar-refractivity contribution is 5.88. The van der Waals surface area contributed by atoms with Crippen LogP contribution in [0.25, 0.3) is 0 Å². The van der Waals surface area contributed by atoms with Crippen LogP contribution < -0.4 is 5.32 Å². The van der Waals surface area contributed by atoms with Crippen LogP contribution in [0, 0.1) is 11.3 Å². The summed E-state index contributed by atoms with van der Waals surface area (Å²) in [5.74, 6) is -0.282. The predicted octanol–water partition coefficient (Wildman–Crippen LogP) is 2.16. The summed E-state index contributed by atoms with van der Waals surface area (Å²) in [6.07, 6.45) is 2.48. The van der Waals surface area contributed by atoms with Crippen molar-refractivity contribution in [2.24, 2.45) is 0 Å². The topological polar surface area (TPSA) is 62.1 Å². The number of carbonyl (C=O) groups is 1. The molecule has 1 N–H and O–H groups in total. The maximum atomic E-state index is 11.3. The van der Waals surface area contributed by atoms with Gasteiger partial charge in [0.25, 0.3) is 0 Å². The van der Waals surface area contributed by atoms with E-state index in [4.69, 9.17) is 5.26 Å². The first-order valence-corrected chi connectivity index (χ1v) is 6.18. The molecule has 4 nitrogen and oxygen atoms in total. The van der Waals surface area contributed by atoms with Gasteiger partial charge in [0, 0.05) is 18.7 Å². The molecule has 0 aliphatic heterocycles. The summed E-state index contributed by atoms with van der Waals surface area (Å²) in [7, 11) is 1.38. The highest BCUT2D eigenvalue weighted by Crippen LogP contribution is 2.04. The molecule has 0 heterocycles. The number of methoxy groups -OCH3 is 1. The molecule has 1 aromatic rings. The van der Waals surface area contributed by atoms with E-state index in [1.165, 1.54) is 7.11 Å². The standard InChI is InChI=1S/C15H18N2O2/c1-3-14(15(18)19-2)7-8-17-11-13-6-4-5-12(9-13)10-16/h4-7,9,17H,3,8,11H2,1-2H3/b14-7-. The van der Waals surface area contributed by atoms with E-state index in [1.807, 2.05) is 31.2 Å². The second-order valence-electron chi connectivity index (χ2n) is 4.02. The molecule has 0 saturated heterocycles. The first-order chi connectivity index (χ1) is 9.21. The summed E-state index contributed by atoms with van der Waals surface area (Å²) < 4.78 is 4.68. The van der Waals surface area contributed by atoms with Gasteiger partial charge in [-0.15, -0.1) is 0 Å². The Morgan fingerprint density at radius 2 is 2.32 bits per heavy atom. The quantitative estimate of drug-likeness (QED) is 0.482. The number of rotatable bonds is 6. The van der Waals surface area contributed by atoms with Crippen molar-refractivity contribution in [2.45, 2.75) is 19.9 Å². The minimum absolute atomic E-state index is 0.282. The van der Waals surface area contributed by atoms with Gasteiger partial charge in [-0.3, -0.25) is 0 Å². The molecular formula is C15H18N2O2. The molecule has 0 aromatic heterocycles. The van der Waals surface area contributed by atoms with Crippen LogP contribution in [0.1, 0.15) is 24.5 Å². The second kappa shape index (κ2) is 8.06. The van der Waals surface area contributed by atoms with Crippen molar-refractivity contribution in [3.05, 3.63) is 47.0 Å². The molecular weight excluding hydrogens is 240 g/mol. The molecule has 0 bridgehead atoms. The number of hydrogen-bond donors (Lipinski definition) is 1. The number of benzene rings is 1. The first-order valence-electron chi connectivity index (χ1n) is 6.18. The van der Waals surface area contributed by atoms with Crippen LogP contribution >= 0.6 is 0 Å². The van der Waals surface area contributed by atoms with E-state index in [1.54, 1.807) is 6.07 Å². The number of nitrogens with zero attached hydrogens (tertiary/aromatic N) is 1. The van der Waals surface area contributed by atoms with Gasteiger partial charge in [-0.05, 0) is 24.1 Å².